The fraction of sp³-hybridized carbons (Fsp3) is 0.529. The van der Waals surface area contributed by atoms with Crippen LogP contribution in [-0.2, 0) is 9.31 Å². The van der Waals surface area contributed by atoms with E-state index in [4.69, 9.17) is 14.0 Å². The topological polar surface area (TPSA) is 27.7 Å². The molecule has 1 aliphatic heterocycles. The molecular weight excluding hydrogens is 263 g/mol. The van der Waals surface area contributed by atoms with E-state index in [2.05, 4.69) is 40.3 Å². The Morgan fingerprint density at radius 3 is 2.24 bits per heavy atom. The van der Waals surface area contributed by atoms with Crippen LogP contribution in [0.25, 0.3) is 0 Å². The minimum absolute atomic E-state index is 0.319. The van der Waals surface area contributed by atoms with Crippen molar-refractivity contribution in [2.45, 2.75) is 52.7 Å². The fourth-order valence-electron chi connectivity index (χ4n) is 2.16. The van der Waals surface area contributed by atoms with Gasteiger partial charge in [0, 0.05) is 0 Å². The predicted octanol–water partition coefficient (Wildman–Crippen LogP) is 3.25. The first-order chi connectivity index (χ1) is 9.62. The number of rotatable bonds is 4. The third-order valence-corrected chi connectivity index (χ3v) is 4.20. The van der Waals surface area contributed by atoms with Crippen LogP contribution in [0.2, 0.25) is 0 Å². The lowest BCUT2D eigenvalue weighted by Gasteiger charge is -2.32. The smallest absolute Gasteiger partial charge is 0.489 e. The van der Waals surface area contributed by atoms with E-state index >= 15 is 0 Å². The van der Waals surface area contributed by atoms with Gasteiger partial charge in [0.25, 0.3) is 0 Å². The molecular formula is C17H25BO3. The summed E-state index contributed by atoms with van der Waals surface area (Å²) in [6.45, 7) is 16.6. The van der Waals surface area contributed by atoms with Crippen LogP contribution in [0.15, 0.2) is 30.4 Å². The molecule has 0 atom stereocenters. The molecule has 1 aromatic carbocycles. The second kappa shape index (κ2) is 5.50. The van der Waals surface area contributed by atoms with E-state index in [0.717, 1.165) is 22.3 Å². The summed E-state index contributed by atoms with van der Waals surface area (Å²) >= 11 is 0. The molecule has 0 spiro atoms. The van der Waals surface area contributed by atoms with Gasteiger partial charge in [-0.05, 0) is 64.2 Å². The zero-order valence-electron chi connectivity index (χ0n) is 13.9. The summed E-state index contributed by atoms with van der Waals surface area (Å²) in [6, 6.07) is 6.04. The highest BCUT2D eigenvalue weighted by atomic mass is 16.7. The quantitative estimate of drug-likeness (QED) is 0.629. The summed E-state index contributed by atoms with van der Waals surface area (Å²) in [4.78, 5) is 0. The summed E-state index contributed by atoms with van der Waals surface area (Å²) in [7, 11) is -0.330. The van der Waals surface area contributed by atoms with Crippen molar-refractivity contribution in [2.24, 2.45) is 0 Å². The molecule has 1 fully saturated rings. The molecule has 4 heteroatoms. The first kappa shape index (κ1) is 16.1. The van der Waals surface area contributed by atoms with Crippen LogP contribution in [0.3, 0.4) is 0 Å². The molecule has 0 aliphatic carbocycles. The predicted molar refractivity (Wildman–Crippen MR) is 87.2 cm³/mol. The monoisotopic (exact) mass is 288 g/mol. The van der Waals surface area contributed by atoms with Gasteiger partial charge >= 0.3 is 7.12 Å². The third-order valence-electron chi connectivity index (χ3n) is 4.20. The Morgan fingerprint density at radius 1 is 1.19 bits per heavy atom. The van der Waals surface area contributed by atoms with Crippen molar-refractivity contribution >= 4 is 12.6 Å². The Hall–Kier alpha value is -1.26. The summed E-state index contributed by atoms with van der Waals surface area (Å²) in [5.74, 6) is 0.873. The molecule has 0 saturated carbocycles. The maximum absolute atomic E-state index is 6.07. The van der Waals surface area contributed by atoms with E-state index in [-0.39, 0.29) is 18.3 Å². The van der Waals surface area contributed by atoms with Gasteiger partial charge in [0.05, 0.1) is 11.2 Å². The molecule has 0 bridgehead atoms. The largest absolute Gasteiger partial charge is 0.494 e. The lowest BCUT2D eigenvalue weighted by Crippen LogP contribution is -2.41. The van der Waals surface area contributed by atoms with Gasteiger partial charge in [-0.2, -0.15) is 0 Å². The molecule has 0 unspecified atom stereocenters. The van der Waals surface area contributed by atoms with Crippen molar-refractivity contribution in [2.75, 3.05) is 6.61 Å². The Kier molecular flexibility index (Phi) is 4.23. The summed E-state index contributed by atoms with van der Waals surface area (Å²) in [6.07, 6.45) is 0. The number of hydrogen-bond donors (Lipinski definition) is 0. The van der Waals surface area contributed by atoms with Crippen LogP contribution in [0, 0.1) is 6.92 Å². The van der Waals surface area contributed by atoms with Gasteiger partial charge in [0.1, 0.15) is 12.4 Å². The van der Waals surface area contributed by atoms with E-state index < -0.39 is 0 Å². The van der Waals surface area contributed by atoms with Crippen molar-refractivity contribution in [3.63, 3.8) is 0 Å². The van der Waals surface area contributed by atoms with Crippen molar-refractivity contribution in [3.05, 3.63) is 35.9 Å². The maximum atomic E-state index is 6.07. The number of ether oxygens (including phenoxy) is 1. The highest BCUT2D eigenvalue weighted by molar-refractivity contribution is 6.62. The van der Waals surface area contributed by atoms with E-state index in [0.29, 0.717) is 6.61 Å². The van der Waals surface area contributed by atoms with E-state index in [1.807, 2.05) is 26.0 Å². The van der Waals surface area contributed by atoms with Gasteiger partial charge in [-0.15, -0.1) is 0 Å². The molecule has 1 aliphatic rings. The maximum Gasteiger partial charge on any atom is 0.494 e. The van der Waals surface area contributed by atoms with E-state index in [9.17, 15) is 0 Å². The second-order valence-corrected chi connectivity index (χ2v) is 6.86. The average molecular weight is 288 g/mol. The molecule has 0 amide bonds. The molecule has 2 rings (SSSR count). The Bertz CT molecular complexity index is 533. The Morgan fingerprint density at radius 2 is 1.76 bits per heavy atom. The molecule has 21 heavy (non-hydrogen) atoms. The minimum atomic E-state index is -0.330. The number of hydrogen-bond acceptors (Lipinski definition) is 3. The first-order valence-corrected chi connectivity index (χ1v) is 7.36. The molecule has 0 N–H and O–H groups in total. The SMILES string of the molecule is C=C(C)COc1ccc(B2OC(C)(C)C(C)(C)O2)cc1C. The van der Waals surface area contributed by atoms with Crippen LogP contribution in [-0.4, -0.2) is 24.9 Å². The fourth-order valence-corrected chi connectivity index (χ4v) is 2.16. The van der Waals surface area contributed by atoms with Crippen molar-refractivity contribution in [3.8, 4) is 5.75 Å². The minimum Gasteiger partial charge on any atom is -0.489 e. The van der Waals surface area contributed by atoms with Crippen molar-refractivity contribution < 1.29 is 14.0 Å². The molecule has 0 aromatic heterocycles. The lowest BCUT2D eigenvalue weighted by molar-refractivity contribution is 0.00578. The summed E-state index contributed by atoms with van der Waals surface area (Å²) < 4.78 is 17.8. The zero-order chi connectivity index (χ0) is 15.8. The summed E-state index contributed by atoms with van der Waals surface area (Å²) in [5.41, 5.74) is 2.46. The third kappa shape index (κ3) is 3.33. The van der Waals surface area contributed by atoms with Crippen molar-refractivity contribution in [1.82, 2.24) is 0 Å². The van der Waals surface area contributed by atoms with Gasteiger partial charge in [-0.25, -0.2) is 0 Å². The van der Waals surface area contributed by atoms with Gasteiger partial charge in [0.2, 0.25) is 0 Å². The van der Waals surface area contributed by atoms with Gasteiger partial charge in [-0.3, -0.25) is 0 Å². The van der Waals surface area contributed by atoms with Gasteiger partial charge in [-0.1, -0.05) is 18.7 Å². The normalized spacial score (nSPS) is 19.6. The molecule has 114 valence electrons. The van der Waals surface area contributed by atoms with Crippen LogP contribution in [0.1, 0.15) is 40.2 Å². The highest BCUT2D eigenvalue weighted by Crippen LogP contribution is 2.36. The van der Waals surface area contributed by atoms with Crippen LogP contribution >= 0.6 is 0 Å². The van der Waals surface area contributed by atoms with Gasteiger partial charge in [0.15, 0.2) is 0 Å². The summed E-state index contributed by atoms with van der Waals surface area (Å²) in [5, 5.41) is 0. The molecule has 1 aromatic rings. The lowest BCUT2D eigenvalue weighted by atomic mass is 9.78. The Balaban J connectivity index is 2.16. The van der Waals surface area contributed by atoms with Gasteiger partial charge < -0.3 is 14.0 Å². The highest BCUT2D eigenvalue weighted by Gasteiger charge is 2.51. The zero-order valence-corrected chi connectivity index (χ0v) is 13.9. The molecule has 3 nitrogen and oxygen atoms in total. The molecule has 1 saturated heterocycles. The standard InChI is InChI=1S/C17H25BO3/c1-12(2)11-19-15-9-8-14(10-13(15)3)18-20-16(4,5)17(6,7)21-18/h8-10H,1,11H2,2-7H3. The average Bonchev–Trinajstić information content (AvgIpc) is 2.56. The molecule has 1 heterocycles. The first-order valence-electron chi connectivity index (χ1n) is 7.36. The number of aryl methyl sites for hydroxylation is 1. The number of benzene rings is 1. The van der Waals surface area contributed by atoms with Crippen LogP contribution < -0.4 is 10.2 Å². The molecule has 0 radical (unpaired) electrons. The van der Waals surface area contributed by atoms with Crippen LogP contribution in [0.4, 0.5) is 0 Å². The van der Waals surface area contributed by atoms with Crippen LogP contribution in [0.5, 0.6) is 5.75 Å². The van der Waals surface area contributed by atoms with E-state index in [1.54, 1.807) is 0 Å². The second-order valence-electron chi connectivity index (χ2n) is 6.86. The Labute approximate surface area is 128 Å². The van der Waals surface area contributed by atoms with Crippen molar-refractivity contribution in [1.29, 1.82) is 0 Å². The van der Waals surface area contributed by atoms with E-state index in [1.165, 1.54) is 0 Å².